The summed E-state index contributed by atoms with van der Waals surface area (Å²) >= 11 is 0. The van der Waals surface area contributed by atoms with Gasteiger partial charge in [-0.1, -0.05) is 26.0 Å². The molecule has 0 saturated carbocycles. The Kier molecular flexibility index (Phi) is 3.14. The Hall–Kier alpha value is -2.17. The largest absolute Gasteiger partial charge is 0.478 e. The fourth-order valence-corrected chi connectivity index (χ4v) is 2.17. The van der Waals surface area contributed by atoms with Crippen LogP contribution in [0.15, 0.2) is 24.3 Å². The second-order valence-electron chi connectivity index (χ2n) is 5.35. The number of likely N-dealkylation sites (tertiary alicyclic amines) is 1. The van der Waals surface area contributed by atoms with E-state index in [9.17, 15) is 14.4 Å². The lowest BCUT2D eigenvalue weighted by atomic mass is 9.92. The number of aromatic carboxylic acids is 1. The summed E-state index contributed by atoms with van der Waals surface area (Å²) in [6.45, 7) is 3.60. The number of rotatable bonds is 3. The highest BCUT2D eigenvalue weighted by Gasteiger charge is 2.44. The van der Waals surface area contributed by atoms with E-state index in [1.165, 1.54) is 17.0 Å². The molecule has 1 aromatic rings. The second-order valence-corrected chi connectivity index (χ2v) is 5.35. The summed E-state index contributed by atoms with van der Waals surface area (Å²) in [4.78, 5) is 35.9. The zero-order chi connectivity index (χ0) is 14.2. The maximum atomic E-state index is 12.0. The minimum Gasteiger partial charge on any atom is -0.478 e. The first-order chi connectivity index (χ1) is 8.81. The number of imide groups is 1. The highest BCUT2D eigenvalue weighted by atomic mass is 16.4. The van der Waals surface area contributed by atoms with E-state index in [0.29, 0.717) is 5.56 Å². The van der Waals surface area contributed by atoms with Gasteiger partial charge in [0, 0.05) is 6.42 Å². The molecule has 2 rings (SSSR count). The summed E-state index contributed by atoms with van der Waals surface area (Å²) in [5, 5.41) is 8.91. The molecule has 1 aromatic carbocycles. The minimum absolute atomic E-state index is 0.127. The number of hydrogen-bond donors (Lipinski definition) is 1. The van der Waals surface area contributed by atoms with Gasteiger partial charge in [-0.05, 0) is 17.7 Å². The monoisotopic (exact) mass is 261 g/mol. The van der Waals surface area contributed by atoms with Gasteiger partial charge >= 0.3 is 5.97 Å². The molecule has 1 aliphatic rings. The number of benzene rings is 1. The maximum absolute atomic E-state index is 12.0. The molecule has 1 N–H and O–H groups in total. The SMILES string of the molecule is CC1(C)CC(=O)N(Cc2cccc(C(=O)O)c2)C1=O. The van der Waals surface area contributed by atoms with Gasteiger partial charge in [-0.3, -0.25) is 14.5 Å². The molecular formula is C14H15NO4. The molecule has 5 heteroatoms. The molecule has 1 fully saturated rings. The quantitative estimate of drug-likeness (QED) is 0.840. The smallest absolute Gasteiger partial charge is 0.335 e. The van der Waals surface area contributed by atoms with Gasteiger partial charge in [-0.15, -0.1) is 0 Å². The summed E-state index contributed by atoms with van der Waals surface area (Å²) in [6, 6.07) is 6.27. The number of carboxylic acids is 1. The number of hydrogen-bond acceptors (Lipinski definition) is 3. The first-order valence-corrected chi connectivity index (χ1v) is 5.98. The van der Waals surface area contributed by atoms with Crippen molar-refractivity contribution >= 4 is 17.8 Å². The van der Waals surface area contributed by atoms with Gasteiger partial charge in [-0.25, -0.2) is 4.79 Å². The Morgan fingerprint density at radius 1 is 1.37 bits per heavy atom. The molecule has 0 unspecified atom stereocenters. The molecule has 0 bridgehead atoms. The molecule has 2 amide bonds. The lowest BCUT2D eigenvalue weighted by Crippen LogP contribution is -2.32. The van der Waals surface area contributed by atoms with Crippen LogP contribution in [0.3, 0.4) is 0 Å². The Morgan fingerprint density at radius 2 is 2.05 bits per heavy atom. The number of carboxylic acid groups (broad SMARTS) is 1. The molecule has 0 aromatic heterocycles. The van der Waals surface area contributed by atoms with Gasteiger partial charge in [-0.2, -0.15) is 0 Å². The Labute approximate surface area is 110 Å². The van der Waals surface area contributed by atoms with E-state index >= 15 is 0 Å². The predicted molar refractivity (Wildman–Crippen MR) is 67.4 cm³/mol. The molecule has 0 radical (unpaired) electrons. The van der Waals surface area contributed by atoms with Crippen molar-refractivity contribution < 1.29 is 19.5 Å². The van der Waals surface area contributed by atoms with Gasteiger partial charge in [0.15, 0.2) is 0 Å². The zero-order valence-corrected chi connectivity index (χ0v) is 10.8. The van der Waals surface area contributed by atoms with Crippen LogP contribution in [0.5, 0.6) is 0 Å². The number of carbonyl (C=O) groups is 3. The molecule has 0 atom stereocenters. The van der Waals surface area contributed by atoms with Crippen LogP contribution in [0.1, 0.15) is 36.2 Å². The van der Waals surface area contributed by atoms with Gasteiger partial charge in [0.1, 0.15) is 0 Å². The van der Waals surface area contributed by atoms with Gasteiger partial charge in [0.25, 0.3) is 0 Å². The van der Waals surface area contributed by atoms with E-state index in [-0.39, 0.29) is 30.3 Å². The fourth-order valence-electron chi connectivity index (χ4n) is 2.17. The standard InChI is InChI=1S/C14H15NO4/c1-14(2)7-11(16)15(13(14)19)8-9-4-3-5-10(6-9)12(17)18/h3-6H,7-8H2,1-2H3,(H,17,18). The van der Waals surface area contributed by atoms with E-state index in [1.807, 2.05) is 0 Å². The highest BCUT2D eigenvalue weighted by molar-refractivity contribution is 6.05. The Balaban J connectivity index is 2.22. The van der Waals surface area contributed by atoms with Crippen molar-refractivity contribution in [3.05, 3.63) is 35.4 Å². The van der Waals surface area contributed by atoms with Crippen molar-refractivity contribution in [3.63, 3.8) is 0 Å². The molecule has 100 valence electrons. The van der Waals surface area contributed by atoms with Crippen molar-refractivity contribution in [1.82, 2.24) is 4.90 Å². The summed E-state index contributed by atoms with van der Waals surface area (Å²) < 4.78 is 0. The third-order valence-corrected chi connectivity index (χ3v) is 3.23. The van der Waals surface area contributed by atoms with Crippen molar-refractivity contribution in [1.29, 1.82) is 0 Å². The average molecular weight is 261 g/mol. The van der Waals surface area contributed by atoms with Crippen molar-refractivity contribution in [2.75, 3.05) is 0 Å². The number of nitrogens with zero attached hydrogens (tertiary/aromatic N) is 1. The van der Waals surface area contributed by atoms with Crippen LogP contribution in [-0.4, -0.2) is 27.8 Å². The highest BCUT2D eigenvalue weighted by Crippen LogP contribution is 2.32. The first-order valence-electron chi connectivity index (χ1n) is 5.98. The number of carbonyl (C=O) groups excluding carboxylic acids is 2. The summed E-state index contributed by atoms with van der Waals surface area (Å²) in [5.41, 5.74) is 0.122. The van der Waals surface area contributed by atoms with Crippen LogP contribution in [0.4, 0.5) is 0 Å². The topological polar surface area (TPSA) is 74.7 Å². The second kappa shape index (κ2) is 4.50. The third-order valence-electron chi connectivity index (χ3n) is 3.23. The first kappa shape index (κ1) is 13.3. The van der Waals surface area contributed by atoms with Crippen molar-refractivity contribution in [3.8, 4) is 0 Å². The van der Waals surface area contributed by atoms with E-state index in [2.05, 4.69) is 0 Å². The lowest BCUT2D eigenvalue weighted by molar-refractivity contribution is -0.141. The lowest BCUT2D eigenvalue weighted by Gasteiger charge is -2.17. The Bertz CT molecular complexity index is 562. The van der Waals surface area contributed by atoms with Crippen LogP contribution in [0.2, 0.25) is 0 Å². The third kappa shape index (κ3) is 2.50. The fraction of sp³-hybridized carbons (Fsp3) is 0.357. The van der Waals surface area contributed by atoms with Gasteiger partial charge < -0.3 is 5.11 Å². The molecular weight excluding hydrogens is 246 g/mol. The Morgan fingerprint density at radius 3 is 2.58 bits per heavy atom. The van der Waals surface area contributed by atoms with Crippen LogP contribution in [0, 0.1) is 5.41 Å². The summed E-state index contributed by atoms with van der Waals surface area (Å²) in [7, 11) is 0. The van der Waals surface area contributed by atoms with Crippen molar-refractivity contribution in [2.45, 2.75) is 26.8 Å². The van der Waals surface area contributed by atoms with Crippen LogP contribution in [0.25, 0.3) is 0 Å². The van der Waals surface area contributed by atoms with Gasteiger partial charge in [0.2, 0.25) is 11.8 Å². The zero-order valence-electron chi connectivity index (χ0n) is 10.8. The molecule has 19 heavy (non-hydrogen) atoms. The molecule has 1 saturated heterocycles. The summed E-state index contributed by atoms with van der Waals surface area (Å²) in [5.74, 6) is -1.45. The van der Waals surface area contributed by atoms with E-state index in [0.717, 1.165) is 0 Å². The molecule has 0 spiro atoms. The van der Waals surface area contributed by atoms with E-state index in [1.54, 1.807) is 26.0 Å². The molecule has 1 heterocycles. The molecule has 0 aliphatic carbocycles. The average Bonchev–Trinajstić information content (AvgIpc) is 2.52. The van der Waals surface area contributed by atoms with Crippen LogP contribution < -0.4 is 0 Å². The van der Waals surface area contributed by atoms with Gasteiger partial charge in [0.05, 0.1) is 17.5 Å². The molecule has 5 nitrogen and oxygen atoms in total. The minimum atomic E-state index is -1.03. The van der Waals surface area contributed by atoms with Crippen LogP contribution in [-0.2, 0) is 16.1 Å². The maximum Gasteiger partial charge on any atom is 0.335 e. The summed E-state index contributed by atoms with van der Waals surface area (Å²) in [6.07, 6.45) is 0.199. The molecule has 1 aliphatic heterocycles. The van der Waals surface area contributed by atoms with E-state index in [4.69, 9.17) is 5.11 Å². The van der Waals surface area contributed by atoms with E-state index < -0.39 is 11.4 Å². The van der Waals surface area contributed by atoms with Crippen molar-refractivity contribution in [2.24, 2.45) is 5.41 Å². The predicted octanol–water partition coefficient (Wildman–Crippen LogP) is 1.67. The number of amides is 2. The van der Waals surface area contributed by atoms with Crippen LogP contribution >= 0.6 is 0 Å². The normalized spacial score (nSPS) is 17.9.